The number of thioether (sulfide) groups is 1. The normalized spacial score (nSPS) is 25.3. The van der Waals surface area contributed by atoms with Crippen molar-refractivity contribution in [3.05, 3.63) is 10.5 Å². The number of nitrogens with zero attached hydrogens (tertiary/aromatic N) is 2. The van der Waals surface area contributed by atoms with E-state index >= 15 is 0 Å². The van der Waals surface area contributed by atoms with Crippen LogP contribution in [0.3, 0.4) is 0 Å². The number of nitrogens with one attached hydrogen (secondary N) is 2. The Morgan fingerprint density at radius 3 is 3.00 bits per heavy atom. The molecule has 1 aliphatic carbocycles. The summed E-state index contributed by atoms with van der Waals surface area (Å²) in [5.74, 6) is 0.130. The van der Waals surface area contributed by atoms with E-state index in [4.69, 9.17) is 0 Å². The molecule has 1 aromatic heterocycles. The van der Waals surface area contributed by atoms with Gasteiger partial charge in [-0.1, -0.05) is 25.1 Å². The van der Waals surface area contributed by atoms with Crippen molar-refractivity contribution in [1.29, 1.82) is 0 Å². The van der Waals surface area contributed by atoms with E-state index in [1.54, 1.807) is 7.05 Å². The van der Waals surface area contributed by atoms with Gasteiger partial charge in [0.2, 0.25) is 0 Å². The third-order valence-electron chi connectivity index (χ3n) is 4.23. The summed E-state index contributed by atoms with van der Waals surface area (Å²) in [6.07, 6.45) is 3.35. The highest BCUT2D eigenvalue weighted by Gasteiger charge is 2.48. The summed E-state index contributed by atoms with van der Waals surface area (Å²) in [4.78, 5) is 23.0. The van der Waals surface area contributed by atoms with Gasteiger partial charge < -0.3 is 10.4 Å². The molecule has 118 valence electrons. The van der Waals surface area contributed by atoms with Crippen molar-refractivity contribution in [1.82, 2.24) is 20.1 Å². The van der Waals surface area contributed by atoms with Crippen molar-refractivity contribution < 1.29 is 9.90 Å². The molecule has 0 aromatic carbocycles. The average Bonchev–Trinajstić information content (AvgIpc) is 2.99. The molecule has 1 fully saturated rings. The Hall–Kier alpha value is -1.28. The number of carbonyl (C=O) groups is 1. The van der Waals surface area contributed by atoms with E-state index in [9.17, 15) is 14.7 Å². The van der Waals surface area contributed by atoms with E-state index in [1.165, 1.54) is 16.3 Å². The molecule has 0 aliphatic heterocycles. The Morgan fingerprint density at radius 1 is 1.67 bits per heavy atom. The quantitative estimate of drug-likeness (QED) is 0.644. The molecule has 1 aliphatic rings. The molecule has 2 atom stereocenters. The number of carboxylic acid groups (broad SMARTS) is 1. The lowest BCUT2D eigenvalue weighted by Gasteiger charge is -2.32. The van der Waals surface area contributed by atoms with Crippen LogP contribution < -0.4 is 11.0 Å². The maximum absolute atomic E-state index is 11.7. The number of hydrogen-bond acceptors (Lipinski definition) is 5. The lowest BCUT2D eigenvalue weighted by molar-refractivity contribution is -0.146. The average molecular weight is 314 g/mol. The molecule has 7 nitrogen and oxygen atoms in total. The highest BCUT2D eigenvalue weighted by atomic mass is 32.2. The van der Waals surface area contributed by atoms with Crippen LogP contribution in [-0.4, -0.2) is 43.7 Å². The van der Waals surface area contributed by atoms with Gasteiger partial charge in [0.05, 0.1) is 0 Å². The van der Waals surface area contributed by atoms with Crippen molar-refractivity contribution in [2.45, 2.75) is 43.3 Å². The second-order valence-electron chi connectivity index (χ2n) is 5.40. The van der Waals surface area contributed by atoms with E-state index in [2.05, 4.69) is 15.5 Å². The molecule has 0 bridgehead atoms. The van der Waals surface area contributed by atoms with Gasteiger partial charge >= 0.3 is 11.7 Å². The van der Waals surface area contributed by atoms with Crippen LogP contribution in [0.1, 0.15) is 32.6 Å². The van der Waals surface area contributed by atoms with Crippen LogP contribution in [-0.2, 0) is 11.8 Å². The molecule has 2 unspecified atom stereocenters. The van der Waals surface area contributed by atoms with Crippen molar-refractivity contribution in [3.8, 4) is 0 Å². The zero-order chi connectivity index (χ0) is 15.5. The fourth-order valence-corrected chi connectivity index (χ4v) is 4.10. The van der Waals surface area contributed by atoms with Crippen molar-refractivity contribution in [2.75, 3.05) is 12.3 Å². The Bertz CT molecular complexity index is 556. The summed E-state index contributed by atoms with van der Waals surface area (Å²) in [5.41, 5.74) is -1.02. The standard InChI is InChI=1S/C13H22N4O3S/c1-3-14-13(10(18)19)7-4-5-9(13)6-8-21-12-16-15-11(20)17(12)2/h9,14H,3-8H2,1-2H3,(H,15,20)(H,18,19). The van der Waals surface area contributed by atoms with Gasteiger partial charge in [0.25, 0.3) is 0 Å². The molecular formula is C13H22N4O3S. The predicted molar refractivity (Wildman–Crippen MR) is 80.6 cm³/mol. The van der Waals surface area contributed by atoms with Gasteiger partial charge in [0.15, 0.2) is 5.16 Å². The summed E-state index contributed by atoms with van der Waals surface area (Å²) in [6, 6.07) is 0. The molecule has 1 aromatic rings. The van der Waals surface area contributed by atoms with Crippen LogP contribution in [0.5, 0.6) is 0 Å². The third-order valence-corrected chi connectivity index (χ3v) is 5.29. The number of hydrogen-bond donors (Lipinski definition) is 3. The van der Waals surface area contributed by atoms with Gasteiger partial charge in [-0.15, -0.1) is 5.10 Å². The van der Waals surface area contributed by atoms with Gasteiger partial charge in [0.1, 0.15) is 5.54 Å². The minimum Gasteiger partial charge on any atom is -0.480 e. The summed E-state index contributed by atoms with van der Waals surface area (Å²) < 4.78 is 1.47. The first-order valence-corrected chi connectivity index (χ1v) is 8.22. The topological polar surface area (TPSA) is 100 Å². The van der Waals surface area contributed by atoms with Crippen LogP contribution >= 0.6 is 11.8 Å². The molecule has 0 amide bonds. The highest BCUT2D eigenvalue weighted by molar-refractivity contribution is 7.99. The predicted octanol–water partition coefficient (Wildman–Crippen LogP) is 0.824. The molecule has 3 N–H and O–H groups in total. The summed E-state index contributed by atoms with van der Waals surface area (Å²) in [5, 5.41) is 19.8. The van der Waals surface area contributed by atoms with Gasteiger partial charge in [-0.2, -0.15) is 0 Å². The Labute approximate surface area is 127 Å². The number of aromatic nitrogens is 3. The fraction of sp³-hybridized carbons (Fsp3) is 0.769. The SMILES string of the molecule is CCNC1(C(=O)O)CCCC1CCSc1n[nH]c(=O)n1C. The largest absolute Gasteiger partial charge is 0.480 e. The van der Waals surface area contributed by atoms with E-state index in [1.807, 2.05) is 6.92 Å². The summed E-state index contributed by atoms with van der Waals surface area (Å²) in [6.45, 7) is 2.60. The van der Waals surface area contributed by atoms with Crippen LogP contribution in [0.4, 0.5) is 0 Å². The minimum absolute atomic E-state index is 0.124. The van der Waals surface area contributed by atoms with E-state index in [-0.39, 0.29) is 11.6 Å². The smallest absolute Gasteiger partial charge is 0.343 e. The van der Waals surface area contributed by atoms with Crippen molar-refractivity contribution in [3.63, 3.8) is 0 Å². The molecule has 0 radical (unpaired) electrons. The molecule has 21 heavy (non-hydrogen) atoms. The molecule has 0 saturated heterocycles. The zero-order valence-corrected chi connectivity index (χ0v) is 13.2. The second-order valence-corrected chi connectivity index (χ2v) is 6.47. The first-order valence-electron chi connectivity index (χ1n) is 7.24. The number of aromatic amines is 1. The van der Waals surface area contributed by atoms with Crippen molar-refractivity contribution in [2.24, 2.45) is 13.0 Å². The zero-order valence-electron chi connectivity index (χ0n) is 12.4. The maximum atomic E-state index is 11.7. The Balaban J connectivity index is 1.97. The highest BCUT2D eigenvalue weighted by Crippen LogP contribution is 2.39. The number of rotatable bonds is 7. The molecular weight excluding hydrogens is 292 g/mol. The van der Waals surface area contributed by atoms with Crippen LogP contribution in [0.2, 0.25) is 0 Å². The van der Waals surface area contributed by atoms with Gasteiger partial charge in [-0.25, -0.2) is 9.89 Å². The van der Waals surface area contributed by atoms with E-state index in [0.717, 1.165) is 25.0 Å². The van der Waals surface area contributed by atoms with E-state index in [0.29, 0.717) is 18.1 Å². The molecule has 1 heterocycles. The third kappa shape index (κ3) is 3.16. The summed E-state index contributed by atoms with van der Waals surface area (Å²) in [7, 11) is 1.67. The monoisotopic (exact) mass is 314 g/mol. The number of aliphatic carboxylic acids is 1. The van der Waals surface area contributed by atoms with Crippen LogP contribution in [0, 0.1) is 5.92 Å². The molecule has 2 rings (SSSR count). The lowest BCUT2D eigenvalue weighted by Crippen LogP contribution is -2.54. The van der Waals surface area contributed by atoms with Gasteiger partial charge in [0, 0.05) is 12.8 Å². The molecule has 1 saturated carbocycles. The van der Waals surface area contributed by atoms with Gasteiger partial charge in [-0.3, -0.25) is 9.36 Å². The lowest BCUT2D eigenvalue weighted by atomic mass is 9.85. The second kappa shape index (κ2) is 6.65. The van der Waals surface area contributed by atoms with Gasteiger partial charge in [-0.05, 0) is 31.7 Å². The first kappa shape index (κ1) is 16.1. The van der Waals surface area contributed by atoms with Crippen LogP contribution in [0.15, 0.2) is 9.95 Å². The fourth-order valence-electron chi connectivity index (χ4n) is 3.13. The van der Waals surface area contributed by atoms with Crippen molar-refractivity contribution >= 4 is 17.7 Å². The molecule has 0 spiro atoms. The minimum atomic E-state index is -0.785. The summed E-state index contributed by atoms with van der Waals surface area (Å²) >= 11 is 1.49. The van der Waals surface area contributed by atoms with E-state index < -0.39 is 11.5 Å². The number of likely N-dealkylation sites (N-methyl/N-ethyl adjacent to an activating group) is 1. The first-order chi connectivity index (χ1) is 10.0. The van der Waals surface area contributed by atoms with Crippen LogP contribution in [0.25, 0.3) is 0 Å². The number of H-pyrrole nitrogens is 1. The Morgan fingerprint density at radius 2 is 2.43 bits per heavy atom. The number of carboxylic acids is 1. The molecule has 8 heteroatoms. The maximum Gasteiger partial charge on any atom is 0.343 e. The Kier molecular flexibility index (Phi) is 5.10.